The molecule has 0 aromatic rings. The average molecular weight is 255 g/mol. The summed E-state index contributed by atoms with van der Waals surface area (Å²) in [5.74, 6) is 0.405. The SMILES string of the molecule is CCC(C)C(N)C(=O)N1CCCN(C)CC1CC. The molecule has 1 fully saturated rings. The van der Waals surface area contributed by atoms with E-state index < -0.39 is 0 Å². The summed E-state index contributed by atoms with van der Waals surface area (Å²) < 4.78 is 0. The maximum Gasteiger partial charge on any atom is 0.240 e. The topological polar surface area (TPSA) is 49.6 Å². The van der Waals surface area contributed by atoms with Gasteiger partial charge in [0.15, 0.2) is 0 Å². The highest BCUT2D eigenvalue weighted by atomic mass is 16.2. The Morgan fingerprint density at radius 1 is 1.39 bits per heavy atom. The fraction of sp³-hybridized carbons (Fsp3) is 0.929. The lowest BCUT2D eigenvalue weighted by atomic mass is 9.98. The van der Waals surface area contributed by atoms with E-state index in [1.165, 1.54) is 0 Å². The summed E-state index contributed by atoms with van der Waals surface area (Å²) >= 11 is 0. The molecule has 0 saturated carbocycles. The molecule has 1 aliphatic heterocycles. The van der Waals surface area contributed by atoms with Gasteiger partial charge in [-0.25, -0.2) is 0 Å². The van der Waals surface area contributed by atoms with Crippen LogP contribution < -0.4 is 5.73 Å². The van der Waals surface area contributed by atoms with Crippen LogP contribution in [0.3, 0.4) is 0 Å². The lowest BCUT2D eigenvalue weighted by Gasteiger charge is -2.33. The second kappa shape index (κ2) is 7.10. The van der Waals surface area contributed by atoms with E-state index in [1.807, 2.05) is 4.90 Å². The van der Waals surface area contributed by atoms with Gasteiger partial charge in [0.25, 0.3) is 0 Å². The Hall–Kier alpha value is -0.610. The number of hydrogen-bond acceptors (Lipinski definition) is 3. The smallest absolute Gasteiger partial charge is 0.240 e. The van der Waals surface area contributed by atoms with Crippen LogP contribution in [0, 0.1) is 5.92 Å². The normalized spacial score (nSPS) is 25.6. The minimum Gasteiger partial charge on any atom is -0.337 e. The van der Waals surface area contributed by atoms with Crippen LogP contribution in [0.5, 0.6) is 0 Å². The van der Waals surface area contributed by atoms with Gasteiger partial charge in [0.05, 0.1) is 6.04 Å². The second-order valence-corrected chi connectivity index (χ2v) is 5.62. The van der Waals surface area contributed by atoms with Crippen LogP contribution in [0.25, 0.3) is 0 Å². The van der Waals surface area contributed by atoms with E-state index in [0.717, 1.165) is 38.9 Å². The van der Waals surface area contributed by atoms with Crippen LogP contribution in [0.2, 0.25) is 0 Å². The standard InChI is InChI=1S/C14H29N3O/c1-5-11(3)13(15)14(18)17-9-7-8-16(4)10-12(17)6-2/h11-13H,5-10,15H2,1-4H3. The largest absolute Gasteiger partial charge is 0.337 e. The number of nitrogens with zero attached hydrogens (tertiary/aromatic N) is 2. The molecule has 4 heteroatoms. The minimum absolute atomic E-state index is 0.145. The van der Waals surface area contributed by atoms with Crippen molar-refractivity contribution in [1.82, 2.24) is 9.80 Å². The zero-order chi connectivity index (χ0) is 13.7. The Morgan fingerprint density at radius 2 is 2.06 bits per heavy atom. The van der Waals surface area contributed by atoms with Gasteiger partial charge < -0.3 is 15.5 Å². The first kappa shape index (κ1) is 15.4. The monoisotopic (exact) mass is 255 g/mol. The van der Waals surface area contributed by atoms with E-state index in [2.05, 4.69) is 32.7 Å². The molecule has 106 valence electrons. The molecule has 3 unspecified atom stereocenters. The quantitative estimate of drug-likeness (QED) is 0.824. The molecule has 0 aliphatic carbocycles. The molecule has 0 aromatic heterocycles. The van der Waals surface area contributed by atoms with Gasteiger partial charge >= 0.3 is 0 Å². The molecule has 3 atom stereocenters. The Labute approximate surface area is 111 Å². The van der Waals surface area contributed by atoms with Crippen molar-refractivity contribution in [2.24, 2.45) is 11.7 Å². The van der Waals surface area contributed by atoms with Crippen LogP contribution in [-0.4, -0.2) is 54.5 Å². The minimum atomic E-state index is -0.340. The molecule has 0 bridgehead atoms. The van der Waals surface area contributed by atoms with Crippen molar-refractivity contribution in [1.29, 1.82) is 0 Å². The third kappa shape index (κ3) is 3.69. The number of nitrogens with two attached hydrogens (primary N) is 1. The number of carbonyl (C=O) groups is 1. The lowest BCUT2D eigenvalue weighted by Crippen LogP contribution is -2.52. The summed E-state index contributed by atoms with van der Waals surface area (Å²) in [6.07, 6.45) is 3.01. The molecule has 1 amide bonds. The third-order valence-corrected chi connectivity index (χ3v) is 4.20. The summed E-state index contributed by atoms with van der Waals surface area (Å²) in [6, 6.07) is -0.0208. The van der Waals surface area contributed by atoms with Crippen LogP contribution in [-0.2, 0) is 4.79 Å². The predicted octanol–water partition coefficient (Wildman–Crippen LogP) is 1.30. The van der Waals surface area contributed by atoms with Crippen LogP contribution >= 0.6 is 0 Å². The van der Waals surface area contributed by atoms with Crippen molar-refractivity contribution < 1.29 is 4.79 Å². The summed E-state index contributed by atoms with van der Waals surface area (Å²) in [5.41, 5.74) is 6.10. The molecule has 1 aliphatic rings. The number of carbonyl (C=O) groups excluding carboxylic acids is 1. The Kier molecular flexibility index (Phi) is 6.09. The van der Waals surface area contributed by atoms with Crippen molar-refractivity contribution in [3.05, 3.63) is 0 Å². The molecule has 1 heterocycles. The maximum atomic E-state index is 12.5. The summed E-state index contributed by atoms with van der Waals surface area (Å²) in [5, 5.41) is 0. The van der Waals surface area contributed by atoms with Crippen LogP contribution in [0.4, 0.5) is 0 Å². The van der Waals surface area contributed by atoms with E-state index in [1.54, 1.807) is 0 Å². The van der Waals surface area contributed by atoms with Gasteiger partial charge in [-0.3, -0.25) is 4.79 Å². The van der Waals surface area contributed by atoms with Crippen molar-refractivity contribution >= 4 is 5.91 Å². The number of likely N-dealkylation sites (N-methyl/N-ethyl adjacent to an activating group) is 1. The molecule has 0 aromatic carbocycles. The fourth-order valence-corrected chi connectivity index (χ4v) is 2.57. The van der Waals surface area contributed by atoms with E-state index in [9.17, 15) is 4.79 Å². The molecule has 0 radical (unpaired) electrons. The van der Waals surface area contributed by atoms with Gasteiger partial charge in [-0.1, -0.05) is 27.2 Å². The molecule has 1 rings (SSSR count). The number of hydrogen-bond donors (Lipinski definition) is 1. The lowest BCUT2D eigenvalue weighted by molar-refractivity contribution is -0.136. The Morgan fingerprint density at radius 3 is 2.61 bits per heavy atom. The van der Waals surface area contributed by atoms with E-state index in [4.69, 9.17) is 5.73 Å². The van der Waals surface area contributed by atoms with Crippen LogP contribution in [0.1, 0.15) is 40.0 Å². The van der Waals surface area contributed by atoms with E-state index in [-0.39, 0.29) is 17.9 Å². The third-order valence-electron chi connectivity index (χ3n) is 4.20. The van der Waals surface area contributed by atoms with E-state index >= 15 is 0 Å². The molecule has 0 spiro atoms. The van der Waals surface area contributed by atoms with Crippen LogP contribution in [0.15, 0.2) is 0 Å². The van der Waals surface area contributed by atoms with Gasteiger partial charge in [-0.2, -0.15) is 0 Å². The van der Waals surface area contributed by atoms with Crippen molar-refractivity contribution in [2.75, 3.05) is 26.7 Å². The molecular weight excluding hydrogens is 226 g/mol. The second-order valence-electron chi connectivity index (χ2n) is 5.62. The molecule has 2 N–H and O–H groups in total. The van der Waals surface area contributed by atoms with E-state index in [0.29, 0.717) is 6.04 Å². The van der Waals surface area contributed by atoms with Crippen molar-refractivity contribution in [2.45, 2.75) is 52.1 Å². The van der Waals surface area contributed by atoms with Gasteiger partial charge in [0, 0.05) is 19.1 Å². The highest BCUT2D eigenvalue weighted by Gasteiger charge is 2.31. The summed E-state index contributed by atoms with van der Waals surface area (Å²) in [4.78, 5) is 16.9. The van der Waals surface area contributed by atoms with Gasteiger partial charge in [0.2, 0.25) is 5.91 Å². The van der Waals surface area contributed by atoms with Gasteiger partial charge in [-0.15, -0.1) is 0 Å². The Bertz CT molecular complexity index is 270. The zero-order valence-electron chi connectivity index (χ0n) is 12.4. The highest BCUT2D eigenvalue weighted by Crippen LogP contribution is 2.16. The fourth-order valence-electron chi connectivity index (χ4n) is 2.57. The molecular formula is C14H29N3O. The maximum absolute atomic E-state index is 12.5. The summed E-state index contributed by atoms with van der Waals surface area (Å²) in [6.45, 7) is 9.19. The first-order valence-electron chi connectivity index (χ1n) is 7.25. The predicted molar refractivity (Wildman–Crippen MR) is 75.3 cm³/mol. The molecule has 18 heavy (non-hydrogen) atoms. The molecule has 4 nitrogen and oxygen atoms in total. The number of amides is 1. The number of rotatable bonds is 4. The Balaban J connectivity index is 2.74. The van der Waals surface area contributed by atoms with Crippen molar-refractivity contribution in [3.8, 4) is 0 Å². The van der Waals surface area contributed by atoms with Gasteiger partial charge in [-0.05, 0) is 32.4 Å². The molecule has 1 saturated heterocycles. The average Bonchev–Trinajstić information content (AvgIpc) is 2.57. The van der Waals surface area contributed by atoms with Gasteiger partial charge in [0.1, 0.15) is 0 Å². The highest BCUT2D eigenvalue weighted by molar-refractivity contribution is 5.82. The zero-order valence-corrected chi connectivity index (χ0v) is 12.4. The first-order chi connectivity index (χ1) is 8.51. The van der Waals surface area contributed by atoms with Crippen molar-refractivity contribution in [3.63, 3.8) is 0 Å². The summed E-state index contributed by atoms with van der Waals surface area (Å²) in [7, 11) is 2.13. The first-order valence-corrected chi connectivity index (χ1v) is 7.25.